The number of likely N-dealkylation sites (tertiary alicyclic amines) is 1. The first-order valence-electron chi connectivity index (χ1n) is 9.93. The van der Waals surface area contributed by atoms with Gasteiger partial charge in [-0.1, -0.05) is 37.0 Å². The van der Waals surface area contributed by atoms with Crippen LogP contribution in [-0.2, 0) is 0 Å². The Morgan fingerprint density at radius 3 is 2.36 bits per heavy atom. The second-order valence-corrected chi connectivity index (χ2v) is 8.78. The minimum Gasteiger partial charge on any atom is -0.335 e. The molecule has 2 amide bonds. The molecule has 6 nitrogen and oxygen atoms in total. The molecule has 2 heterocycles. The number of nitrogens with one attached hydrogen (secondary N) is 2. The van der Waals surface area contributed by atoms with Crippen molar-refractivity contribution in [3.8, 4) is 0 Å². The summed E-state index contributed by atoms with van der Waals surface area (Å²) in [6, 6.07) is 1.02. The fraction of sp³-hybridized carbons (Fsp3) is 0.833. The molecule has 2 saturated carbocycles. The van der Waals surface area contributed by atoms with Gasteiger partial charge in [0.1, 0.15) is 5.01 Å². The van der Waals surface area contributed by atoms with Crippen LogP contribution in [0.4, 0.5) is 9.93 Å². The van der Waals surface area contributed by atoms with E-state index < -0.39 is 0 Å². The van der Waals surface area contributed by atoms with E-state index in [0.717, 1.165) is 23.9 Å². The van der Waals surface area contributed by atoms with Crippen molar-refractivity contribution in [3.63, 3.8) is 0 Å². The SMILES string of the molecule is O=C(Nc1nnc(C2CCN(C3CCCC3)CC2)s1)NC1CCCC1. The number of carbonyl (C=O) groups excluding carboxylic acids is 1. The average molecular weight is 364 g/mol. The predicted octanol–water partition coefficient (Wildman–Crippen LogP) is 3.72. The smallest absolute Gasteiger partial charge is 0.321 e. The van der Waals surface area contributed by atoms with Gasteiger partial charge in [0.05, 0.1) is 0 Å². The first kappa shape index (κ1) is 17.2. The molecule has 1 aliphatic heterocycles. The summed E-state index contributed by atoms with van der Waals surface area (Å²) < 4.78 is 0. The van der Waals surface area contributed by atoms with Crippen LogP contribution in [0.25, 0.3) is 0 Å². The lowest BCUT2D eigenvalue weighted by Gasteiger charge is -2.35. The maximum atomic E-state index is 12.1. The van der Waals surface area contributed by atoms with Crippen LogP contribution >= 0.6 is 11.3 Å². The van der Waals surface area contributed by atoms with Crippen LogP contribution in [0.2, 0.25) is 0 Å². The number of piperidine rings is 1. The summed E-state index contributed by atoms with van der Waals surface area (Å²) in [6.07, 6.45) is 12.5. The minimum atomic E-state index is -0.134. The highest BCUT2D eigenvalue weighted by Gasteiger charge is 2.29. The first-order valence-corrected chi connectivity index (χ1v) is 10.7. The molecule has 0 radical (unpaired) electrons. The van der Waals surface area contributed by atoms with Gasteiger partial charge in [-0.3, -0.25) is 5.32 Å². The molecule has 2 N–H and O–H groups in total. The van der Waals surface area contributed by atoms with E-state index in [-0.39, 0.29) is 6.03 Å². The van der Waals surface area contributed by atoms with Crippen molar-refractivity contribution >= 4 is 22.5 Å². The Hall–Kier alpha value is -1.21. The number of urea groups is 1. The molecule has 7 heteroatoms. The van der Waals surface area contributed by atoms with Gasteiger partial charge in [0.25, 0.3) is 0 Å². The number of aromatic nitrogens is 2. The van der Waals surface area contributed by atoms with Gasteiger partial charge in [0, 0.05) is 18.0 Å². The first-order chi connectivity index (χ1) is 12.3. The molecule has 1 aromatic heterocycles. The highest BCUT2D eigenvalue weighted by Crippen LogP contribution is 2.34. The van der Waals surface area contributed by atoms with E-state index in [2.05, 4.69) is 25.7 Å². The number of nitrogens with zero attached hydrogens (tertiary/aromatic N) is 3. The maximum Gasteiger partial charge on any atom is 0.321 e. The fourth-order valence-corrected chi connectivity index (χ4v) is 5.53. The maximum absolute atomic E-state index is 12.1. The molecule has 4 rings (SSSR count). The van der Waals surface area contributed by atoms with E-state index >= 15 is 0 Å². The summed E-state index contributed by atoms with van der Waals surface area (Å²) >= 11 is 1.55. The Morgan fingerprint density at radius 1 is 0.960 bits per heavy atom. The van der Waals surface area contributed by atoms with Gasteiger partial charge in [0.2, 0.25) is 5.13 Å². The Balaban J connectivity index is 1.25. The lowest BCUT2D eigenvalue weighted by atomic mass is 9.96. The van der Waals surface area contributed by atoms with Crippen LogP contribution in [0.3, 0.4) is 0 Å². The van der Waals surface area contributed by atoms with Crippen LogP contribution in [0.15, 0.2) is 0 Å². The zero-order valence-corrected chi connectivity index (χ0v) is 15.7. The summed E-state index contributed by atoms with van der Waals surface area (Å²) in [5.41, 5.74) is 0. The zero-order chi connectivity index (χ0) is 17.1. The van der Waals surface area contributed by atoms with Crippen LogP contribution in [0.5, 0.6) is 0 Å². The fourth-order valence-electron chi connectivity index (χ4n) is 4.62. The predicted molar refractivity (Wildman–Crippen MR) is 100 cm³/mol. The molecule has 3 aliphatic rings. The molecular formula is C18H29N5OS. The number of hydrogen-bond acceptors (Lipinski definition) is 5. The molecule has 1 saturated heterocycles. The highest BCUT2D eigenvalue weighted by molar-refractivity contribution is 7.15. The van der Waals surface area contributed by atoms with Crippen molar-refractivity contribution < 1.29 is 4.79 Å². The van der Waals surface area contributed by atoms with E-state index in [0.29, 0.717) is 17.1 Å². The van der Waals surface area contributed by atoms with Crippen LogP contribution in [0.1, 0.15) is 75.1 Å². The molecule has 1 aromatic rings. The van der Waals surface area contributed by atoms with E-state index in [9.17, 15) is 4.79 Å². The molecule has 25 heavy (non-hydrogen) atoms. The molecule has 0 unspecified atom stereocenters. The number of rotatable bonds is 4. The third kappa shape index (κ3) is 4.31. The van der Waals surface area contributed by atoms with E-state index in [1.54, 1.807) is 11.3 Å². The summed E-state index contributed by atoms with van der Waals surface area (Å²) in [7, 11) is 0. The third-order valence-corrected chi connectivity index (χ3v) is 7.07. The van der Waals surface area contributed by atoms with Crippen molar-refractivity contribution in [1.82, 2.24) is 20.4 Å². The van der Waals surface area contributed by atoms with Crippen LogP contribution in [0, 0.1) is 0 Å². The highest BCUT2D eigenvalue weighted by atomic mass is 32.1. The van der Waals surface area contributed by atoms with Gasteiger partial charge in [-0.2, -0.15) is 0 Å². The van der Waals surface area contributed by atoms with Gasteiger partial charge < -0.3 is 10.2 Å². The molecule has 0 aromatic carbocycles. The molecule has 138 valence electrons. The van der Waals surface area contributed by atoms with Crippen molar-refractivity contribution in [2.75, 3.05) is 18.4 Å². The molecular weight excluding hydrogens is 334 g/mol. The normalized spacial score (nSPS) is 24.0. The molecule has 0 spiro atoms. The number of carbonyl (C=O) groups is 1. The monoisotopic (exact) mass is 363 g/mol. The Kier molecular flexibility index (Phi) is 5.51. The van der Waals surface area contributed by atoms with Gasteiger partial charge in [-0.25, -0.2) is 4.79 Å². The minimum absolute atomic E-state index is 0.134. The van der Waals surface area contributed by atoms with Gasteiger partial charge in [-0.05, 0) is 51.6 Å². The Bertz CT molecular complexity index is 572. The Morgan fingerprint density at radius 2 is 1.64 bits per heavy atom. The second kappa shape index (κ2) is 7.99. The number of anilines is 1. The van der Waals surface area contributed by atoms with Crippen LogP contribution in [-0.4, -0.2) is 46.3 Å². The Labute approximate surface area is 153 Å². The van der Waals surface area contributed by atoms with Crippen molar-refractivity contribution in [2.24, 2.45) is 0 Å². The van der Waals surface area contributed by atoms with Gasteiger partial charge in [-0.15, -0.1) is 10.2 Å². The van der Waals surface area contributed by atoms with E-state index in [1.807, 2.05) is 0 Å². The van der Waals surface area contributed by atoms with Crippen molar-refractivity contribution in [1.29, 1.82) is 0 Å². The lowest BCUT2D eigenvalue weighted by Crippen LogP contribution is -2.39. The lowest BCUT2D eigenvalue weighted by molar-refractivity contribution is 0.154. The standard InChI is InChI=1S/C18H29N5OS/c24-17(19-14-5-1-2-6-14)20-18-22-21-16(25-18)13-9-11-23(12-10-13)15-7-3-4-8-15/h13-15H,1-12H2,(H2,19,20,22,24). The third-order valence-electron chi connectivity index (χ3n) is 6.07. The second-order valence-electron chi connectivity index (χ2n) is 7.77. The largest absolute Gasteiger partial charge is 0.335 e. The van der Waals surface area contributed by atoms with Crippen LogP contribution < -0.4 is 10.6 Å². The summed E-state index contributed by atoms with van der Waals surface area (Å²) in [5, 5.41) is 16.2. The van der Waals surface area contributed by atoms with E-state index in [1.165, 1.54) is 64.5 Å². The summed E-state index contributed by atoms with van der Waals surface area (Å²) in [5.74, 6) is 0.503. The number of amides is 2. The van der Waals surface area contributed by atoms with Gasteiger partial charge in [0.15, 0.2) is 0 Å². The molecule has 0 bridgehead atoms. The zero-order valence-electron chi connectivity index (χ0n) is 14.9. The molecule has 2 aliphatic carbocycles. The summed E-state index contributed by atoms with van der Waals surface area (Å²) in [4.78, 5) is 14.7. The van der Waals surface area contributed by atoms with Crippen molar-refractivity contribution in [2.45, 2.75) is 82.2 Å². The molecule has 0 atom stereocenters. The summed E-state index contributed by atoms with van der Waals surface area (Å²) in [6.45, 7) is 2.36. The molecule has 3 fully saturated rings. The van der Waals surface area contributed by atoms with Crippen molar-refractivity contribution in [3.05, 3.63) is 5.01 Å². The quantitative estimate of drug-likeness (QED) is 0.855. The van der Waals surface area contributed by atoms with E-state index in [4.69, 9.17) is 0 Å². The number of hydrogen-bond donors (Lipinski definition) is 2. The van der Waals surface area contributed by atoms with Gasteiger partial charge >= 0.3 is 6.03 Å². The topological polar surface area (TPSA) is 70.2 Å². The average Bonchev–Trinajstić information content (AvgIpc) is 3.38.